The maximum absolute atomic E-state index is 13.6. The van der Waals surface area contributed by atoms with Crippen molar-refractivity contribution in [1.29, 1.82) is 0 Å². The van der Waals surface area contributed by atoms with Crippen LogP contribution < -0.4 is 5.32 Å². The van der Waals surface area contributed by atoms with Crippen molar-refractivity contribution in [3.63, 3.8) is 0 Å². The molecule has 1 N–H and O–H groups in total. The lowest BCUT2D eigenvalue weighted by molar-refractivity contribution is 0.246. The molecular formula is C15H23F2N. The summed E-state index contributed by atoms with van der Waals surface area (Å²) in [5.41, 5.74) is 0.587. The van der Waals surface area contributed by atoms with Gasteiger partial charge in [0.05, 0.1) is 0 Å². The largest absolute Gasteiger partial charge is 0.310 e. The first-order valence-corrected chi connectivity index (χ1v) is 6.40. The van der Waals surface area contributed by atoms with Crippen LogP contribution in [0.4, 0.5) is 8.78 Å². The molecule has 1 rings (SSSR count). The molecule has 18 heavy (non-hydrogen) atoms. The topological polar surface area (TPSA) is 12.0 Å². The third-order valence-corrected chi connectivity index (χ3v) is 3.63. The zero-order chi connectivity index (χ0) is 13.9. The molecule has 0 aliphatic carbocycles. The van der Waals surface area contributed by atoms with Gasteiger partial charge in [-0.15, -0.1) is 0 Å². The maximum atomic E-state index is 13.6. The first kappa shape index (κ1) is 15.1. The molecule has 0 heterocycles. The summed E-state index contributed by atoms with van der Waals surface area (Å²) in [6, 6.07) is 3.39. The van der Waals surface area contributed by atoms with Crippen molar-refractivity contribution < 1.29 is 8.78 Å². The fraction of sp³-hybridized carbons (Fsp3) is 0.600. The average Bonchev–Trinajstić information content (AvgIpc) is 2.27. The van der Waals surface area contributed by atoms with Crippen LogP contribution in [-0.2, 0) is 0 Å². The number of benzene rings is 1. The van der Waals surface area contributed by atoms with Gasteiger partial charge in [-0.25, -0.2) is 8.78 Å². The van der Waals surface area contributed by atoms with Crippen LogP contribution in [0.15, 0.2) is 18.2 Å². The molecule has 1 nitrogen and oxygen atoms in total. The summed E-state index contributed by atoms with van der Waals surface area (Å²) in [5.74, 6) is -0.305. The normalized spacial score (nSPS) is 15.5. The predicted octanol–water partition coefficient (Wildman–Crippen LogP) is 4.30. The van der Waals surface area contributed by atoms with Gasteiger partial charge in [0.1, 0.15) is 11.6 Å². The van der Waals surface area contributed by atoms with Gasteiger partial charge in [-0.2, -0.15) is 0 Å². The Balaban J connectivity index is 2.66. The summed E-state index contributed by atoms with van der Waals surface area (Å²) in [6.07, 6.45) is 0. The van der Waals surface area contributed by atoms with E-state index in [4.69, 9.17) is 0 Å². The second-order valence-electron chi connectivity index (χ2n) is 6.06. The number of rotatable bonds is 4. The van der Waals surface area contributed by atoms with Crippen LogP contribution in [0.1, 0.15) is 46.2 Å². The van der Waals surface area contributed by atoms with Gasteiger partial charge in [0.15, 0.2) is 0 Å². The van der Waals surface area contributed by atoms with Gasteiger partial charge < -0.3 is 5.32 Å². The highest BCUT2D eigenvalue weighted by atomic mass is 19.1. The van der Waals surface area contributed by atoms with E-state index in [1.165, 1.54) is 12.1 Å². The minimum absolute atomic E-state index is 0.189. The van der Waals surface area contributed by atoms with E-state index < -0.39 is 5.82 Å². The van der Waals surface area contributed by atoms with Gasteiger partial charge in [-0.05, 0) is 43.0 Å². The summed E-state index contributed by atoms with van der Waals surface area (Å²) in [4.78, 5) is 0. The summed E-state index contributed by atoms with van der Waals surface area (Å²) in [7, 11) is 0. The highest BCUT2D eigenvalue weighted by Gasteiger charge is 2.21. The molecule has 0 fully saturated rings. The lowest BCUT2D eigenvalue weighted by atomic mass is 9.82. The fourth-order valence-electron chi connectivity index (χ4n) is 1.62. The van der Waals surface area contributed by atoms with Gasteiger partial charge in [0.2, 0.25) is 0 Å². The molecule has 0 amide bonds. The molecule has 0 aliphatic heterocycles. The SMILES string of the molecule is CC(NCC(C)C(C)(C)C)c1cc(F)ccc1F. The first-order valence-electron chi connectivity index (χ1n) is 6.40. The molecule has 0 saturated carbocycles. The molecule has 3 heteroatoms. The third kappa shape index (κ3) is 4.05. The van der Waals surface area contributed by atoms with Gasteiger partial charge in [-0.3, -0.25) is 0 Å². The van der Waals surface area contributed by atoms with Gasteiger partial charge in [0.25, 0.3) is 0 Å². The molecule has 2 atom stereocenters. The molecular weight excluding hydrogens is 232 g/mol. The molecule has 0 bridgehead atoms. The van der Waals surface area contributed by atoms with Crippen LogP contribution in [0.5, 0.6) is 0 Å². The Bertz CT molecular complexity index is 396. The lowest BCUT2D eigenvalue weighted by Gasteiger charge is -2.29. The van der Waals surface area contributed by atoms with Crippen molar-refractivity contribution in [2.45, 2.75) is 40.7 Å². The number of hydrogen-bond donors (Lipinski definition) is 1. The number of nitrogens with one attached hydrogen (secondary N) is 1. The summed E-state index contributed by atoms with van der Waals surface area (Å²) in [6.45, 7) is 11.3. The van der Waals surface area contributed by atoms with Crippen LogP contribution >= 0.6 is 0 Å². The Hall–Kier alpha value is -0.960. The Morgan fingerprint density at radius 3 is 2.33 bits per heavy atom. The summed E-state index contributed by atoms with van der Waals surface area (Å²) >= 11 is 0. The first-order chi connectivity index (χ1) is 8.21. The Kier molecular flexibility index (Phi) is 4.85. The number of halogens is 2. The molecule has 0 aromatic heterocycles. The minimum Gasteiger partial charge on any atom is -0.310 e. The van der Waals surface area contributed by atoms with Crippen molar-refractivity contribution >= 4 is 0 Å². The zero-order valence-corrected chi connectivity index (χ0v) is 11.8. The maximum Gasteiger partial charge on any atom is 0.128 e. The Morgan fingerprint density at radius 1 is 1.17 bits per heavy atom. The Morgan fingerprint density at radius 2 is 1.78 bits per heavy atom. The van der Waals surface area contributed by atoms with Crippen molar-refractivity contribution in [2.75, 3.05) is 6.54 Å². The summed E-state index contributed by atoms with van der Waals surface area (Å²) in [5, 5.41) is 3.27. The van der Waals surface area contributed by atoms with Crippen LogP contribution in [-0.4, -0.2) is 6.54 Å². The predicted molar refractivity (Wildman–Crippen MR) is 71.4 cm³/mol. The van der Waals surface area contributed by atoms with Crippen molar-refractivity contribution in [1.82, 2.24) is 5.32 Å². The van der Waals surface area contributed by atoms with Gasteiger partial charge >= 0.3 is 0 Å². The minimum atomic E-state index is -0.399. The van der Waals surface area contributed by atoms with E-state index in [2.05, 4.69) is 33.0 Å². The quantitative estimate of drug-likeness (QED) is 0.846. The van der Waals surface area contributed by atoms with Crippen LogP contribution in [0.3, 0.4) is 0 Å². The van der Waals surface area contributed by atoms with Crippen LogP contribution in [0.2, 0.25) is 0 Å². The molecule has 0 saturated heterocycles. The highest BCUT2D eigenvalue weighted by molar-refractivity contribution is 5.21. The van der Waals surface area contributed by atoms with E-state index in [9.17, 15) is 8.78 Å². The van der Waals surface area contributed by atoms with E-state index in [-0.39, 0.29) is 17.3 Å². The fourth-order valence-corrected chi connectivity index (χ4v) is 1.62. The van der Waals surface area contributed by atoms with E-state index >= 15 is 0 Å². The molecule has 1 aromatic rings. The molecule has 0 radical (unpaired) electrons. The standard InChI is InChI=1S/C15H23F2N/c1-10(15(3,4)5)9-18-11(2)13-8-12(16)6-7-14(13)17/h6-8,10-11,18H,9H2,1-5H3. The molecule has 2 unspecified atom stereocenters. The van der Waals surface area contributed by atoms with Crippen molar-refractivity contribution in [3.05, 3.63) is 35.4 Å². The van der Waals surface area contributed by atoms with Crippen molar-refractivity contribution in [2.24, 2.45) is 11.3 Å². The lowest BCUT2D eigenvalue weighted by Crippen LogP contribution is -2.31. The monoisotopic (exact) mass is 255 g/mol. The highest BCUT2D eigenvalue weighted by Crippen LogP contribution is 2.25. The van der Waals surface area contributed by atoms with Crippen LogP contribution in [0.25, 0.3) is 0 Å². The van der Waals surface area contributed by atoms with E-state index in [1.54, 1.807) is 0 Å². The second-order valence-corrected chi connectivity index (χ2v) is 6.06. The molecule has 1 aromatic carbocycles. The molecule has 0 aliphatic rings. The van der Waals surface area contributed by atoms with E-state index in [1.807, 2.05) is 6.92 Å². The third-order valence-electron chi connectivity index (χ3n) is 3.63. The van der Waals surface area contributed by atoms with Crippen molar-refractivity contribution in [3.8, 4) is 0 Å². The molecule has 102 valence electrons. The second kappa shape index (κ2) is 5.79. The van der Waals surface area contributed by atoms with E-state index in [0.29, 0.717) is 11.5 Å². The smallest absolute Gasteiger partial charge is 0.128 e. The van der Waals surface area contributed by atoms with Gasteiger partial charge in [-0.1, -0.05) is 27.7 Å². The average molecular weight is 255 g/mol. The van der Waals surface area contributed by atoms with Crippen LogP contribution in [0, 0.1) is 23.0 Å². The van der Waals surface area contributed by atoms with E-state index in [0.717, 1.165) is 12.6 Å². The molecule has 0 spiro atoms. The Labute approximate surface area is 109 Å². The zero-order valence-electron chi connectivity index (χ0n) is 11.8. The van der Waals surface area contributed by atoms with Gasteiger partial charge in [0, 0.05) is 11.6 Å². The number of hydrogen-bond acceptors (Lipinski definition) is 1. The summed E-state index contributed by atoms with van der Waals surface area (Å²) < 4.78 is 26.7.